The first-order valence-electron chi connectivity index (χ1n) is 6.18. The maximum atomic E-state index is 4.39. The first kappa shape index (κ1) is 12.5. The van der Waals surface area contributed by atoms with Gasteiger partial charge < -0.3 is 5.32 Å². The Labute approximate surface area is 125 Å². The summed E-state index contributed by atoms with van der Waals surface area (Å²) in [5.41, 5.74) is 3.74. The molecule has 2 heterocycles. The number of aromatic nitrogens is 2. The minimum atomic E-state index is 0.455. The van der Waals surface area contributed by atoms with Crippen molar-refractivity contribution in [1.82, 2.24) is 9.78 Å². The second kappa shape index (κ2) is 4.85. The van der Waals surface area contributed by atoms with Crippen molar-refractivity contribution in [3.8, 4) is 0 Å². The van der Waals surface area contributed by atoms with Crippen LogP contribution in [0, 0.1) is 9.81 Å². The van der Waals surface area contributed by atoms with Crippen LogP contribution in [0.25, 0.3) is 0 Å². The van der Waals surface area contributed by atoms with Gasteiger partial charge in [0.1, 0.15) is 0 Å². The van der Waals surface area contributed by atoms with Gasteiger partial charge in [-0.15, -0.1) is 11.3 Å². The number of anilines is 1. The fourth-order valence-corrected chi connectivity index (χ4v) is 4.72. The van der Waals surface area contributed by atoms with Crippen molar-refractivity contribution < 1.29 is 0 Å². The third-order valence-electron chi connectivity index (χ3n) is 3.43. The van der Waals surface area contributed by atoms with Gasteiger partial charge in [-0.25, -0.2) is 0 Å². The lowest BCUT2D eigenvalue weighted by atomic mass is 9.94. The van der Waals surface area contributed by atoms with Crippen molar-refractivity contribution in [3.05, 3.63) is 31.3 Å². The van der Waals surface area contributed by atoms with Crippen molar-refractivity contribution in [2.24, 2.45) is 7.05 Å². The summed E-state index contributed by atoms with van der Waals surface area (Å²) < 4.78 is 3.27. The number of thiophene rings is 1. The molecule has 0 radical (unpaired) electrons. The largest absolute Gasteiger partial charge is 0.375 e. The Hall–Kier alpha value is -0.560. The van der Waals surface area contributed by atoms with Crippen LogP contribution < -0.4 is 5.32 Å². The zero-order valence-corrected chi connectivity index (χ0v) is 13.5. The van der Waals surface area contributed by atoms with E-state index in [2.05, 4.69) is 52.2 Å². The van der Waals surface area contributed by atoms with Crippen molar-refractivity contribution in [1.29, 1.82) is 0 Å². The molecule has 3 nitrogen and oxygen atoms in total. The second-order valence-corrected chi connectivity index (χ2v) is 7.85. The third kappa shape index (κ3) is 2.30. The van der Waals surface area contributed by atoms with E-state index < -0.39 is 0 Å². The molecule has 0 fully saturated rings. The highest BCUT2D eigenvalue weighted by Crippen LogP contribution is 2.38. The van der Waals surface area contributed by atoms with Crippen molar-refractivity contribution >= 4 is 39.6 Å². The zero-order chi connectivity index (χ0) is 12.7. The van der Waals surface area contributed by atoms with E-state index in [-0.39, 0.29) is 0 Å². The molecule has 0 saturated heterocycles. The maximum absolute atomic E-state index is 4.39. The summed E-state index contributed by atoms with van der Waals surface area (Å²) in [7, 11) is 1.97. The van der Waals surface area contributed by atoms with Crippen LogP contribution in [-0.4, -0.2) is 9.78 Å². The molecule has 1 aliphatic rings. The van der Waals surface area contributed by atoms with E-state index in [9.17, 15) is 0 Å². The number of nitrogens with zero attached hydrogens (tertiary/aromatic N) is 2. The third-order valence-corrected chi connectivity index (χ3v) is 5.40. The van der Waals surface area contributed by atoms with E-state index in [1.54, 1.807) is 4.88 Å². The standard InChI is InChI=1S/C13H16IN3S/c1-8-11(7-17(2)16-8)15-10-4-3-5-12-9(10)6-13(14)18-12/h6-7,10,15H,3-5H2,1-2H3. The number of rotatable bonds is 2. The van der Waals surface area contributed by atoms with E-state index >= 15 is 0 Å². The van der Waals surface area contributed by atoms with Crippen molar-refractivity contribution in [2.45, 2.75) is 32.2 Å². The number of fused-ring (bicyclic) bond motifs is 1. The van der Waals surface area contributed by atoms with Crippen LogP contribution >= 0.6 is 33.9 Å². The molecule has 5 heteroatoms. The summed E-state index contributed by atoms with van der Waals surface area (Å²) >= 11 is 4.37. The Balaban J connectivity index is 1.88. The van der Waals surface area contributed by atoms with Crippen LogP contribution in [0.4, 0.5) is 5.69 Å². The quantitative estimate of drug-likeness (QED) is 0.810. The smallest absolute Gasteiger partial charge is 0.0825 e. The highest BCUT2D eigenvalue weighted by Gasteiger charge is 2.23. The average molecular weight is 373 g/mol. The lowest BCUT2D eigenvalue weighted by Gasteiger charge is -2.24. The SMILES string of the molecule is Cc1nn(C)cc1NC1CCCc2sc(I)cc21. The fraction of sp³-hybridized carbons (Fsp3) is 0.462. The van der Waals surface area contributed by atoms with Crippen LogP contribution in [0.15, 0.2) is 12.3 Å². The Kier molecular flexibility index (Phi) is 3.36. The van der Waals surface area contributed by atoms with Gasteiger partial charge in [0.2, 0.25) is 0 Å². The summed E-state index contributed by atoms with van der Waals surface area (Å²) in [4.78, 5) is 1.56. The molecule has 0 spiro atoms. The Bertz CT molecular complexity index is 573. The molecule has 2 aromatic rings. The molecule has 18 heavy (non-hydrogen) atoms. The highest BCUT2D eigenvalue weighted by atomic mass is 127. The maximum Gasteiger partial charge on any atom is 0.0825 e. The van der Waals surface area contributed by atoms with E-state index in [0.717, 1.165) is 11.4 Å². The number of hydrogen-bond donors (Lipinski definition) is 1. The molecule has 0 bridgehead atoms. The summed E-state index contributed by atoms with van der Waals surface area (Å²) in [6, 6.07) is 2.79. The summed E-state index contributed by atoms with van der Waals surface area (Å²) in [6.07, 6.45) is 5.81. The van der Waals surface area contributed by atoms with Crippen LogP contribution in [-0.2, 0) is 13.5 Å². The molecule has 0 aliphatic heterocycles. The van der Waals surface area contributed by atoms with E-state index in [1.807, 2.05) is 23.1 Å². The van der Waals surface area contributed by atoms with Gasteiger partial charge in [-0.05, 0) is 60.4 Å². The van der Waals surface area contributed by atoms with Gasteiger partial charge in [0.05, 0.1) is 20.3 Å². The number of hydrogen-bond acceptors (Lipinski definition) is 3. The van der Waals surface area contributed by atoms with Crippen LogP contribution in [0.2, 0.25) is 0 Å². The van der Waals surface area contributed by atoms with E-state index in [4.69, 9.17) is 0 Å². The predicted octanol–water partition coefficient (Wildman–Crippen LogP) is 3.88. The molecule has 1 aliphatic carbocycles. The van der Waals surface area contributed by atoms with E-state index in [1.165, 1.54) is 27.7 Å². The minimum absolute atomic E-state index is 0.455. The van der Waals surface area contributed by atoms with Crippen LogP contribution in [0.1, 0.15) is 35.0 Å². The molecular weight excluding hydrogens is 357 g/mol. The second-order valence-electron chi connectivity index (χ2n) is 4.82. The average Bonchev–Trinajstić information content (AvgIpc) is 2.82. The van der Waals surface area contributed by atoms with Gasteiger partial charge in [-0.1, -0.05) is 0 Å². The lowest BCUT2D eigenvalue weighted by Crippen LogP contribution is -2.15. The minimum Gasteiger partial charge on any atom is -0.375 e. The van der Waals surface area contributed by atoms with Gasteiger partial charge >= 0.3 is 0 Å². The molecule has 0 amide bonds. The molecule has 1 unspecified atom stereocenters. The molecular formula is C13H16IN3S. The Morgan fingerprint density at radius 1 is 1.56 bits per heavy atom. The summed E-state index contributed by atoms with van der Waals surface area (Å²) in [5.74, 6) is 0. The fourth-order valence-electron chi connectivity index (χ4n) is 2.60. The lowest BCUT2D eigenvalue weighted by molar-refractivity contribution is 0.608. The van der Waals surface area contributed by atoms with Gasteiger partial charge in [0.25, 0.3) is 0 Å². The first-order valence-corrected chi connectivity index (χ1v) is 8.08. The van der Waals surface area contributed by atoms with Gasteiger partial charge in [0.15, 0.2) is 0 Å². The molecule has 1 N–H and O–H groups in total. The molecule has 1 atom stereocenters. The molecule has 96 valence electrons. The first-order chi connectivity index (χ1) is 8.63. The van der Waals surface area contributed by atoms with Gasteiger partial charge in [-0.2, -0.15) is 5.10 Å². The van der Waals surface area contributed by atoms with Gasteiger partial charge in [-0.3, -0.25) is 4.68 Å². The number of aryl methyl sites for hydroxylation is 3. The van der Waals surface area contributed by atoms with Crippen molar-refractivity contribution in [2.75, 3.05) is 5.32 Å². The summed E-state index contributed by atoms with van der Waals surface area (Å²) in [6.45, 7) is 2.06. The van der Waals surface area contributed by atoms with E-state index in [0.29, 0.717) is 6.04 Å². The highest BCUT2D eigenvalue weighted by molar-refractivity contribution is 14.1. The summed E-state index contributed by atoms with van der Waals surface area (Å²) in [5, 5.41) is 8.05. The van der Waals surface area contributed by atoms with Crippen LogP contribution in [0.3, 0.4) is 0 Å². The normalized spacial score (nSPS) is 18.7. The monoisotopic (exact) mass is 373 g/mol. The van der Waals surface area contributed by atoms with Crippen molar-refractivity contribution in [3.63, 3.8) is 0 Å². The van der Waals surface area contributed by atoms with Gasteiger partial charge in [0, 0.05) is 18.1 Å². The molecule has 0 saturated carbocycles. The molecule has 0 aromatic carbocycles. The molecule has 2 aromatic heterocycles. The zero-order valence-electron chi connectivity index (χ0n) is 10.5. The van der Waals surface area contributed by atoms with Crippen LogP contribution in [0.5, 0.6) is 0 Å². The predicted molar refractivity (Wildman–Crippen MR) is 84.3 cm³/mol. The number of nitrogens with one attached hydrogen (secondary N) is 1. The topological polar surface area (TPSA) is 29.9 Å². The Morgan fingerprint density at radius 3 is 3.11 bits per heavy atom. The number of halogens is 1. The Morgan fingerprint density at radius 2 is 2.39 bits per heavy atom. The molecule has 3 rings (SSSR count).